The molecule has 17 heavy (non-hydrogen) atoms. The molecule has 0 bridgehead atoms. The van der Waals surface area contributed by atoms with E-state index in [1.54, 1.807) is 4.90 Å². The fraction of sp³-hybridized carbons (Fsp3) is 0.538. The van der Waals surface area contributed by atoms with Gasteiger partial charge in [-0.05, 0) is 19.3 Å². The molecule has 0 saturated heterocycles. The lowest BCUT2D eigenvalue weighted by Gasteiger charge is -2.31. The Hall–Kier alpha value is -1.58. The summed E-state index contributed by atoms with van der Waals surface area (Å²) in [5.41, 5.74) is 0. The Morgan fingerprint density at radius 3 is 2.35 bits per heavy atom. The third-order valence-electron chi connectivity index (χ3n) is 3.44. The molecule has 0 radical (unpaired) electrons. The molecule has 0 aromatic heterocycles. The van der Waals surface area contributed by atoms with Crippen molar-refractivity contribution in [3.63, 3.8) is 0 Å². The molecular formula is C13H17NO3. The van der Waals surface area contributed by atoms with Crippen LogP contribution in [0.15, 0.2) is 24.3 Å². The van der Waals surface area contributed by atoms with E-state index >= 15 is 0 Å². The summed E-state index contributed by atoms with van der Waals surface area (Å²) >= 11 is 0. The van der Waals surface area contributed by atoms with Gasteiger partial charge in [0.05, 0.1) is 11.8 Å². The zero-order valence-electron chi connectivity index (χ0n) is 9.71. The molecule has 1 aliphatic carbocycles. The van der Waals surface area contributed by atoms with Crippen molar-refractivity contribution in [2.45, 2.75) is 19.3 Å². The standard InChI is InChI=1S/C13H17NO3/c15-12(14-8-4-1-5-9-14)10-6-2-3-7-11(10)13(16)17/h1-4,10-11H,5-9H2,(H,16,17). The molecule has 0 aromatic carbocycles. The molecule has 1 heterocycles. The van der Waals surface area contributed by atoms with E-state index < -0.39 is 11.9 Å². The first-order chi connectivity index (χ1) is 8.20. The van der Waals surface area contributed by atoms with E-state index in [4.69, 9.17) is 5.11 Å². The number of carboxylic acid groups (broad SMARTS) is 1. The third kappa shape index (κ3) is 2.57. The molecule has 1 N–H and O–H groups in total. The molecule has 2 atom stereocenters. The lowest BCUT2D eigenvalue weighted by Crippen LogP contribution is -2.43. The fourth-order valence-corrected chi connectivity index (χ4v) is 2.44. The minimum Gasteiger partial charge on any atom is -0.481 e. The number of carboxylic acids is 1. The van der Waals surface area contributed by atoms with Gasteiger partial charge in [0.1, 0.15) is 0 Å². The zero-order valence-corrected chi connectivity index (χ0v) is 9.71. The number of hydrogen-bond donors (Lipinski definition) is 1. The summed E-state index contributed by atoms with van der Waals surface area (Å²) in [7, 11) is 0. The van der Waals surface area contributed by atoms with Gasteiger partial charge >= 0.3 is 5.97 Å². The van der Waals surface area contributed by atoms with Crippen LogP contribution in [0.1, 0.15) is 19.3 Å². The molecule has 92 valence electrons. The molecule has 4 nitrogen and oxygen atoms in total. The summed E-state index contributed by atoms with van der Waals surface area (Å²) in [6.07, 6.45) is 9.69. The van der Waals surface area contributed by atoms with E-state index in [0.29, 0.717) is 25.9 Å². The van der Waals surface area contributed by atoms with Gasteiger partial charge in [-0.15, -0.1) is 0 Å². The average Bonchev–Trinajstić information content (AvgIpc) is 2.39. The Morgan fingerprint density at radius 2 is 1.76 bits per heavy atom. The van der Waals surface area contributed by atoms with E-state index in [1.807, 2.05) is 18.2 Å². The number of rotatable bonds is 2. The highest BCUT2D eigenvalue weighted by atomic mass is 16.4. The van der Waals surface area contributed by atoms with Crippen LogP contribution >= 0.6 is 0 Å². The van der Waals surface area contributed by atoms with Gasteiger partial charge in [0.2, 0.25) is 5.91 Å². The van der Waals surface area contributed by atoms with Gasteiger partial charge in [-0.3, -0.25) is 9.59 Å². The molecule has 2 rings (SSSR count). The van der Waals surface area contributed by atoms with Crippen molar-refractivity contribution in [2.75, 3.05) is 13.1 Å². The minimum absolute atomic E-state index is 0.00824. The summed E-state index contributed by atoms with van der Waals surface area (Å²) in [4.78, 5) is 25.2. The quantitative estimate of drug-likeness (QED) is 0.737. The smallest absolute Gasteiger partial charge is 0.307 e. The molecule has 0 aromatic rings. The number of nitrogens with zero attached hydrogens (tertiary/aromatic N) is 1. The van der Waals surface area contributed by atoms with Crippen LogP contribution in [0.5, 0.6) is 0 Å². The van der Waals surface area contributed by atoms with Crippen molar-refractivity contribution in [2.24, 2.45) is 11.8 Å². The van der Waals surface area contributed by atoms with Gasteiger partial charge in [0.15, 0.2) is 0 Å². The van der Waals surface area contributed by atoms with Crippen LogP contribution in [0.2, 0.25) is 0 Å². The number of allylic oxidation sites excluding steroid dienone is 2. The maximum atomic E-state index is 12.3. The highest BCUT2D eigenvalue weighted by Crippen LogP contribution is 2.28. The molecule has 4 heteroatoms. The van der Waals surface area contributed by atoms with Crippen LogP contribution in [0, 0.1) is 11.8 Å². The van der Waals surface area contributed by atoms with Crippen LogP contribution in [-0.2, 0) is 9.59 Å². The maximum Gasteiger partial charge on any atom is 0.307 e. The summed E-state index contributed by atoms with van der Waals surface area (Å²) < 4.78 is 0. The second kappa shape index (κ2) is 5.17. The lowest BCUT2D eigenvalue weighted by atomic mass is 9.82. The Bertz CT molecular complexity index is 373. The van der Waals surface area contributed by atoms with Crippen LogP contribution in [0.3, 0.4) is 0 Å². The highest BCUT2D eigenvalue weighted by molar-refractivity contribution is 5.85. The minimum atomic E-state index is -0.861. The molecule has 0 saturated carbocycles. The summed E-state index contributed by atoms with van der Waals surface area (Å²) in [6, 6.07) is 0. The molecule has 0 fully saturated rings. The van der Waals surface area contributed by atoms with E-state index in [-0.39, 0.29) is 11.8 Å². The lowest BCUT2D eigenvalue weighted by molar-refractivity contribution is -0.150. The van der Waals surface area contributed by atoms with E-state index in [9.17, 15) is 9.59 Å². The second-order valence-corrected chi connectivity index (χ2v) is 4.54. The van der Waals surface area contributed by atoms with E-state index in [0.717, 1.165) is 6.42 Å². The molecule has 1 amide bonds. The van der Waals surface area contributed by atoms with Gasteiger partial charge in [-0.2, -0.15) is 0 Å². The van der Waals surface area contributed by atoms with Crippen molar-refractivity contribution >= 4 is 11.9 Å². The van der Waals surface area contributed by atoms with Gasteiger partial charge in [0.25, 0.3) is 0 Å². The predicted molar refractivity (Wildman–Crippen MR) is 63.3 cm³/mol. The topological polar surface area (TPSA) is 57.6 Å². The number of carbonyl (C=O) groups excluding carboxylic acids is 1. The highest BCUT2D eigenvalue weighted by Gasteiger charge is 2.36. The monoisotopic (exact) mass is 235 g/mol. The molecular weight excluding hydrogens is 218 g/mol. The number of aliphatic carboxylic acids is 1. The molecule has 2 aliphatic rings. The largest absolute Gasteiger partial charge is 0.481 e. The predicted octanol–water partition coefficient (Wildman–Crippen LogP) is 1.44. The molecule has 0 spiro atoms. The average molecular weight is 235 g/mol. The Labute approximate surface area is 101 Å². The first kappa shape index (κ1) is 11.9. The first-order valence-corrected chi connectivity index (χ1v) is 6.01. The Kier molecular flexibility index (Phi) is 3.61. The molecule has 2 unspecified atom stereocenters. The first-order valence-electron chi connectivity index (χ1n) is 6.01. The number of hydrogen-bond acceptors (Lipinski definition) is 2. The second-order valence-electron chi connectivity index (χ2n) is 4.54. The van der Waals surface area contributed by atoms with Gasteiger partial charge < -0.3 is 10.0 Å². The number of amides is 1. The van der Waals surface area contributed by atoms with Crippen LogP contribution in [0.25, 0.3) is 0 Å². The van der Waals surface area contributed by atoms with Gasteiger partial charge in [0, 0.05) is 13.1 Å². The van der Waals surface area contributed by atoms with E-state index in [2.05, 4.69) is 6.08 Å². The summed E-state index contributed by atoms with van der Waals surface area (Å²) in [5.74, 6) is -1.81. The Balaban J connectivity index is 2.08. The Morgan fingerprint density at radius 1 is 1.06 bits per heavy atom. The van der Waals surface area contributed by atoms with Gasteiger partial charge in [-0.1, -0.05) is 24.3 Å². The van der Waals surface area contributed by atoms with E-state index in [1.165, 1.54) is 0 Å². The molecule has 1 aliphatic heterocycles. The van der Waals surface area contributed by atoms with Crippen molar-refractivity contribution < 1.29 is 14.7 Å². The third-order valence-corrected chi connectivity index (χ3v) is 3.44. The van der Waals surface area contributed by atoms with Crippen molar-refractivity contribution in [3.05, 3.63) is 24.3 Å². The zero-order chi connectivity index (χ0) is 12.3. The normalized spacial score (nSPS) is 28.1. The maximum absolute atomic E-state index is 12.3. The van der Waals surface area contributed by atoms with Crippen LogP contribution in [0.4, 0.5) is 0 Å². The van der Waals surface area contributed by atoms with Crippen LogP contribution < -0.4 is 0 Å². The fourth-order valence-electron chi connectivity index (χ4n) is 2.44. The SMILES string of the molecule is O=C(O)C1CC=CCC1C(=O)N1CC=CCC1. The van der Waals surface area contributed by atoms with Gasteiger partial charge in [-0.25, -0.2) is 0 Å². The van der Waals surface area contributed by atoms with Crippen molar-refractivity contribution in [1.29, 1.82) is 0 Å². The van der Waals surface area contributed by atoms with Crippen LogP contribution in [-0.4, -0.2) is 35.0 Å². The van der Waals surface area contributed by atoms with Crippen molar-refractivity contribution in [3.8, 4) is 0 Å². The van der Waals surface area contributed by atoms with Crippen molar-refractivity contribution in [1.82, 2.24) is 4.90 Å². The number of carbonyl (C=O) groups is 2. The summed E-state index contributed by atoms with van der Waals surface area (Å²) in [6.45, 7) is 1.33. The summed E-state index contributed by atoms with van der Waals surface area (Å²) in [5, 5.41) is 9.14.